The second-order valence-corrected chi connectivity index (χ2v) is 6.00. The van der Waals surface area contributed by atoms with Gasteiger partial charge in [-0.2, -0.15) is 4.98 Å². The van der Waals surface area contributed by atoms with E-state index in [1.165, 1.54) is 5.56 Å². The summed E-state index contributed by atoms with van der Waals surface area (Å²) in [7, 11) is 0. The van der Waals surface area contributed by atoms with Gasteiger partial charge in [0.05, 0.1) is 0 Å². The lowest BCUT2D eigenvalue weighted by Gasteiger charge is -2.15. The maximum atomic E-state index is 6.09. The number of hydrogen-bond acceptors (Lipinski definition) is 3. The van der Waals surface area contributed by atoms with Crippen molar-refractivity contribution >= 4 is 11.6 Å². The number of benzene rings is 1. The van der Waals surface area contributed by atoms with E-state index in [0.29, 0.717) is 22.9 Å². The fourth-order valence-electron chi connectivity index (χ4n) is 2.30. The maximum absolute atomic E-state index is 6.09. The van der Waals surface area contributed by atoms with Crippen LogP contribution in [0.25, 0.3) is 0 Å². The standard InChI is InChI=1S/C17H19ClN2O/c1-3-11(2)13-6-4-5-7-14(13)21-16-10-15(18)19-17(20-16)12-8-9-12/h4-7,10-12H,3,8-9H2,1-2H3. The van der Waals surface area contributed by atoms with Gasteiger partial charge >= 0.3 is 0 Å². The predicted molar refractivity (Wildman–Crippen MR) is 84.2 cm³/mol. The smallest absolute Gasteiger partial charge is 0.224 e. The summed E-state index contributed by atoms with van der Waals surface area (Å²) >= 11 is 6.09. The zero-order chi connectivity index (χ0) is 14.8. The van der Waals surface area contributed by atoms with Crippen molar-refractivity contribution in [1.29, 1.82) is 0 Å². The molecule has 1 atom stereocenters. The Bertz CT molecular complexity index is 640. The zero-order valence-corrected chi connectivity index (χ0v) is 13.1. The summed E-state index contributed by atoms with van der Waals surface area (Å²) in [5, 5.41) is 0.447. The van der Waals surface area contributed by atoms with E-state index < -0.39 is 0 Å². The van der Waals surface area contributed by atoms with Crippen LogP contribution >= 0.6 is 11.6 Å². The molecule has 0 saturated heterocycles. The summed E-state index contributed by atoms with van der Waals surface area (Å²) in [6, 6.07) is 9.78. The van der Waals surface area contributed by atoms with Crippen LogP contribution in [0.3, 0.4) is 0 Å². The molecule has 1 aliphatic carbocycles. The van der Waals surface area contributed by atoms with E-state index in [4.69, 9.17) is 16.3 Å². The van der Waals surface area contributed by atoms with Crippen LogP contribution in [-0.4, -0.2) is 9.97 Å². The van der Waals surface area contributed by atoms with E-state index >= 15 is 0 Å². The summed E-state index contributed by atoms with van der Waals surface area (Å²) in [6.07, 6.45) is 3.35. The summed E-state index contributed by atoms with van der Waals surface area (Å²) in [4.78, 5) is 8.78. The van der Waals surface area contributed by atoms with Crippen molar-refractivity contribution in [3.63, 3.8) is 0 Å². The number of nitrogens with zero attached hydrogens (tertiary/aromatic N) is 2. The van der Waals surface area contributed by atoms with Crippen molar-refractivity contribution in [2.45, 2.75) is 44.9 Å². The lowest BCUT2D eigenvalue weighted by atomic mass is 9.98. The molecule has 0 N–H and O–H groups in total. The van der Waals surface area contributed by atoms with Gasteiger partial charge in [-0.15, -0.1) is 0 Å². The number of ether oxygens (including phenoxy) is 1. The van der Waals surface area contributed by atoms with Crippen LogP contribution in [0.4, 0.5) is 0 Å². The summed E-state index contributed by atoms with van der Waals surface area (Å²) in [5.74, 6) is 3.09. The number of para-hydroxylation sites is 1. The van der Waals surface area contributed by atoms with Gasteiger partial charge < -0.3 is 4.74 Å². The molecule has 1 heterocycles. The molecule has 110 valence electrons. The fourth-order valence-corrected chi connectivity index (χ4v) is 2.48. The minimum Gasteiger partial charge on any atom is -0.439 e. The van der Waals surface area contributed by atoms with Crippen LogP contribution in [0.5, 0.6) is 11.6 Å². The molecule has 1 fully saturated rings. The van der Waals surface area contributed by atoms with E-state index in [1.807, 2.05) is 18.2 Å². The highest BCUT2D eigenvalue weighted by Crippen LogP contribution is 2.39. The third kappa shape index (κ3) is 3.35. The Morgan fingerprint density at radius 1 is 1.29 bits per heavy atom. The minimum absolute atomic E-state index is 0.446. The molecule has 0 spiro atoms. The topological polar surface area (TPSA) is 35.0 Å². The van der Waals surface area contributed by atoms with Gasteiger partial charge in [0.25, 0.3) is 0 Å². The Hall–Kier alpha value is -1.61. The Labute approximate surface area is 130 Å². The highest BCUT2D eigenvalue weighted by atomic mass is 35.5. The first kappa shape index (κ1) is 14.3. The SMILES string of the molecule is CCC(C)c1ccccc1Oc1cc(Cl)nc(C2CC2)n1. The van der Waals surface area contributed by atoms with Gasteiger partial charge in [0.1, 0.15) is 16.7 Å². The molecule has 0 amide bonds. The normalized spacial score (nSPS) is 15.8. The van der Waals surface area contributed by atoms with Gasteiger partial charge in [0.2, 0.25) is 5.88 Å². The molecule has 0 bridgehead atoms. The quantitative estimate of drug-likeness (QED) is 0.702. The van der Waals surface area contributed by atoms with Gasteiger partial charge in [0, 0.05) is 12.0 Å². The summed E-state index contributed by atoms with van der Waals surface area (Å²) in [5.41, 5.74) is 1.20. The molecular weight excluding hydrogens is 284 g/mol. The van der Waals surface area contributed by atoms with E-state index in [-0.39, 0.29) is 0 Å². The minimum atomic E-state index is 0.446. The number of rotatable bonds is 5. The molecule has 3 nitrogen and oxygen atoms in total. The van der Waals surface area contributed by atoms with Crippen molar-refractivity contribution in [1.82, 2.24) is 9.97 Å². The third-order valence-electron chi connectivity index (χ3n) is 3.91. The van der Waals surface area contributed by atoms with Crippen LogP contribution in [0.2, 0.25) is 5.15 Å². The molecule has 4 heteroatoms. The van der Waals surface area contributed by atoms with Crippen molar-refractivity contribution in [3.8, 4) is 11.6 Å². The second kappa shape index (κ2) is 6.02. The number of aromatic nitrogens is 2. The molecule has 1 aromatic heterocycles. The van der Waals surface area contributed by atoms with Gasteiger partial charge in [-0.05, 0) is 36.8 Å². The van der Waals surface area contributed by atoms with Crippen molar-refractivity contribution in [2.75, 3.05) is 0 Å². The number of halogens is 1. The first-order valence-corrected chi connectivity index (χ1v) is 7.86. The molecule has 0 aliphatic heterocycles. The van der Waals surface area contributed by atoms with Gasteiger partial charge in [-0.3, -0.25) is 0 Å². The van der Waals surface area contributed by atoms with Gasteiger partial charge in [0.15, 0.2) is 0 Å². The van der Waals surface area contributed by atoms with E-state index in [2.05, 4.69) is 29.9 Å². The molecule has 1 unspecified atom stereocenters. The molecule has 1 aliphatic rings. The molecule has 3 rings (SSSR count). The maximum Gasteiger partial charge on any atom is 0.224 e. The first-order valence-electron chi connectivity index (χ1n) is 7.48. The van der Waals surface area contributed by atoms with Crippen LogP contribution < -0.4 is 4.74 Å². The Morgan fingerprint density at radius 3 is 2.76 bits per heavy atom. The molecule has 0 radical (unpaired) electrons. The lowest BCUT2D eigenvalue weighted by Crippen LogP contribution is -1.99. The molecular formula is C17H19ClN2O. The zero-order valence-electron chi connectivity index (χ0n) is 12.3. The lowest BCUT2D eigenvalue weighted by molar-refractivity contribution is 0.448. The van der Waals surface area contributed by atoms with Crippen molar-refractivity contribution in [3.05, 3.63) is 46.9 Å². The average molecular weight is 303 g/mol. The Balaban J connectivity index is 1.90. The van der Waals surface area contributed by atoms with Crippen molar-refractivity contribution < 1.29 is 4.74 Å². The number of hydrogen-bond donors (Lipinski definition) is 0. The van der Waals surface area contributed by atoms with Gasteiger partial charge in [-0.1, -0.05) is 43.6 Å². The summed E-state index contributed by atoms with van der Waals surface area (Å²) < 4.78 is 6.00. The van der Waals surface area contributed by atoms with Crippen LogP contribution in [-0.2, 0) is 0 Å². The second-order valence-electron chi connectivity index (χ2n) is 5.61. The molecule has 1 saturated carbocycles. The van der Waals surface area contributed by atoms with Crippen molar-refractivity contribution in [2.24, 2.45) is 0 Å². The predicted octanol–water partition coefficient (Wildman–Crippen LogP) is 5.31. The van der Waals surface area contributed by atoms with Crippen LogP contribution in [0, 0.1) is 0 Å². The first-order chi connectivity index (χ1) is 10.2. The summed E-state index contributed by atoms with van der Waals surface area (Å²) in [6.45, 7) is 4.37. The third-order valence-corrected chi connectivity index (χ3v) is 4.10. The van der Waals surface area contributed by atoms with E-state index in [9.17, 15) is 0 Å². The van der Waals surface area contributed by atoms with E-state index in [0.717, 1.165) is 30.8 Å². The van der Waals surface area contributed by atoms with Gasteiger partial charge in [-0.25, -0.2) is 4.98 Å². The fraction of sp³-hybridized carbons (Fsp3) is 0.412. The van der Waals surface area contributed by atoms with Crippen LogP contribution in [0.1, 0.15) is 56.3 Å². The average Bonchev–Trinajstić information content (AvgIpc) is 3.31. The van der Waals surface area contributed by atoms with E-state index in [1.54, 1.807) is 6.07 Å². The largest absolute Gasteiger partial charge is 0.439 e. The molecule has 2 aromatic rings. The molecule has 21 heavy (non-hydrogen) atoms. The highest BCUT2D eigenvalue weighted by molar-refractivity contribution is 6.29. The Kier molecular flexibility index (Phi) is 4.11. The highest BCUT2D eigenvalue weighted by Gasteiger charge is 2.27. The monoisotopic (exact) mass is 302 g/mol. The molecule has 1 aromatic carbocycles. The van der Waals surface area contributed by atoms with Crippen LogP contribution in [0.15, 0.2) is 30.3 Å². The Morgan fingerprint density at radius 2 is 2.05 bits per heavy atom.